The molecule has 0 saturated carbocycles. The number of fused-ring (bicyclic) bond motifs is 1. The monoisotopic (exact) mass is 561 g/mol. The van der Waals surface area contributed by atoms with Crippen molar-refractivity contribution < 1.29 is 0 Å². The van der Waals surface area contributed by atoms with Crippen LogP contribution in [-0.2, 0) is 6.54 Å². The van der Waals surface area contributed by atoms with E-state index in [4.69, 9.17) is 26.7 Å². The highest BCUT2D eigenvalue weighted by molar-refractivity contribution is 7.07. The Labute approximate surface area is 242 Å². The van der Waals surface area contributed by atoms with Gasteiger partial charge in [-0.25, -0.2) is 9.97 Å². The number of rotatable bonds is 8. The maximum atomic E-state index is 6.07. The van der Waals surface area contributed by atoms with Gasteiger partial charge in [-0.2, -0.15) is 0 Å². The van der Waals surface area contributed by atoms with E-state index in [9.17, 15) is 0 Å². The highest BCUT2D eigenvalue weighted by atomic mass is 35.5. The maximum Gasteiger partial charge on any atom is 0.208 e. The predicted octanol–water partition coefficient (Wildman–Crippen LogP) is 8.88. The number of nitrogens with zero attached hydrogens (tertiary/aromatic N) is 4. The van der Waals surface area contributed by atoms with Crippen molar-refractivity contribution in [1.82, 2.24) is 14.5 Å². The van der Waals surface area contributed by atoms with E-state index in [1.165, 1.54) is 0 Å². The quantitative estimate of drug-likeness (QED) is 0.189. The molecule has 2 aromatic heterocycles. The Balaban J connectivity index is 1.37. The largest absolute Gasteiger partial charge is 0.315 e. The molecule has 0 radical (unpaired) electrons. The number of hydrogen-bond donors (Lipinski definition) is 1. The summed E-state index contributed by atoms with van der Waals surface area (Å²) in [6.07, 6.45) is 2.16. The third kappa shape index (κ3) is 5.55. The molecular formula is C33H28ClN5S. The topological polar surface area (TPSA) is 55.1 Å². The first-order valence-electron chi connectivity index (χ1n) is 13.4. The summed E-state index contributed by atoms with van der Waals surface area (Å²) in [6.45, 7) is 3.09. The van der Waals surface area contributed by atoms with Crippen LogP contribution in [0.2, 0.25) is 5.02 Å². The SMILES string of the molecule is CCCCn1c(-c2ccc(-c3ccc(Cl)cc3)cc2)cs/c1=N\Nc1nc2ccccc2nc1-c1ccccc1. The zero-order valence-corrected chi connectivity index (χ0v) is 23.7. The number of unbranched alkanes of at least 4 members (excludes halogenated alkanes) is 1. The van der Waals surface area contributed by atoms with Gasteiger partial charge in [0.15, 0.2) is 5.82 Å². The van der Waals surface area contributed by atoms with E-state index in [0.29, 0.717) is 5.82 Å². The van der Waals surface area contributed by atoms with Crippen LogP contribution in [-0.4, -0.2) is 14.5 Å². The molecule has 0 saturated heterocycles. The number of aromatic nitrogens is 3. The first-order valence-corrected chi connectivity index (χ1v) is 14.6. The predicted molar refractivity (Wildman–Crippen MR) is 167 cm³/mol. The van der Waals surface area contributed by atoms with E-state index in [-0.39, 0.29) is 0 Å². The molecule has 0 bridgehead atoms. The molecule has 0 fully saturated rings. The first kappa shape index (κ1) is 26.0. The Morgan fingerprint density at radius 3 is 2.08 bits per heavy atom. The minimum absolute atomic E-state index is 0.634. The van der Waals surface area contributed by atoms with Gasteiger partial charge in [-0.15, -0.1) is 16.4 Å². The molecule has 0 spiro atoms. The van der Waals surface area contributed by atoms with E-state index in [1.54, 1.807) is 11.3 Å². The Morgan fingerprint density at radius 1 is 0.750 bits per heavy atom. The molecule has 5 nitrogen and oxygen atoms in total. The fourth-order valence-electron chi connectivity index (χ4n) is 4.63. The van der Waals surface area contributed by atoms with Gasteiger partial charge in [-0.05, 0) is 47.4 Å². The molecule has 0 atom stereocenters. The van der Waals surface area contributed by atoms with Gasteiger partial charge < -0.3 is 4.57 Å². The van der Waals surface area contributed by atoms with Crippen molar-refractivity contribution in [1.29, 1.82) is 0 Å². The molecule has 0 amide bonds. The van der Waals surface area contributed by atoms with Crippen molar-refractivity contribution in [3.05, 3.63) is 118 Å². The molecule has 6 rings (SSSR count). The van der Waals surface area contributed by atoms with Crippen LogP contribution < -0.4 is 10.2 Å². The summed E-state index contributed by atoms with van der Waals surface area (Å²) in [5, 5.41) is 7.78. The average Bonchev–Trinajstić information content (AvgIpc) is 3.42. The minimum Gasteiger partial charge on any atom is -0.315 e. The molecule has 40 heavy (non-hydrogen) atoms. The van der Waals surface area contributed by atoms with E-state index < -0.39 is 0 Å². The lowest BCUT2D eigenvalue weighted by atomic mass is 10.0. The molecular weight excluding hydrogens is 534 g/mol. The third-order valence-corrected chi connectivity index (χ3v) is 7.88. The molecule has 198 valence electrons. The van der Waals surface area contributed by atoms with Crippen LogP contribution in [0.15, 0.2) is 114 Å². The van der Waals surface area contributed by atoms with Crippen LogP contribution in [0.4, 0.5) is 5.82 Å². The summed E-state index contributed by atoms with van der Waals surface area (Å²) in [5.74, 6) is 0.634. The smallest absolute Gasteiger partial charge is 0.208 e. The molecule has 0 aliphatic rings. The van der Waals surface area contributed by atoms with Gasteiger partial charge in [-0.3, -0.25) is 5.43 Å². The Bertz CT molecular complexity index is 1810. The van der Waals surface area contributed by atoms with Crippen LogP contribution in [0.5, 0.6) is 0 Å². The lowest BCUT2D eigenvalue weighted by Gasteiger charge is -2.11. The zero-order valence-electron chi connectivity index (χ0n) is 22.1. The van der Waals surface area contributed by atoms with Crippen LogP contribution in [0.3, 0.4) is 0 Å². The van der Waals surface area contributed by atoms with Crippen molar-refractivity contribution in [3.8, 4) is 33.6 Å². The number of halogens is 1. The molecule has 4 aromatic carbocycles. The van der Waals surface area contributed by atoms with Gasteiger partial charge in [0, 0.05) is 22.5 Å². The summed E-state index contributed by atoms with van der Waals surface area (Å²) < 4.78 is 2.29. The molecule has 0 aliphatic carbocycles. The van der Waals surface area contributed by atoms with E-state index in [0.717, 1.165) is 73.9 Å². The van der Waals surface area contributed by atoms with Gasteiger partial charge in [0.05, 0.1) is 16.7 Å². The fourth-order valence-corrected chi connectivity index (χ4v) is 5.66. The first-order chi connectivity index (χ1) is 19.7. The van der Waals surface area contributed by atoms with Gasteiger partial charge in [-0.1, -0.05) is 104 Å². The van der Waals surface area contributed by atoms with Crippen LogP contribution in [0.25, 0.3) is 44.7 Å². The zero-order chi connectivity index (χ0) is 27.3. The Kier molecular flexibility index (Phi) is 7.71. The van der Waals surface area contributed by atoms with Gasteiger partial charge in [0.1, 0.15) is 5.69 Å². The number of hydrogen-bond acceptors (Lipinski definition) is 5. The molecule has 0 aliphatic heterocycles. The van der Waals surface area contributed by atoms with Crippen LogP contribution >= 0.6 is 22.9 Å². The molecule has 1 N–H and O–H groups in total. The summed E-state index contributed by atoms with van der Waals surface area (Å²) in [6, 6.07) is 34.6. The van der Waals surface area contributed by atoms with Crippen LogP contribution in [0.1, 0.15) is 19.8 Å². The molecule has 0 unspecified atom stereocenters. The summed E-state index contributed by atoms with van der Waals surface area (Å²) in [7, 11) is 0. The fraction of sp³-hybridized carbons (Fsp3) is 0.121. The third-order valence-electron chi connectivity index (χ3n) is 6.77. The summed E-state index contributed by atoms with van der Waals surface area (Å²) in [4.78, 5) is 10.7. The second-order valence-corrected chi connectivity index (χ2v) is 10.8. The normalized spacial score (nSPS) is 11.7. The molecule has 2 heterocycles. The highest BCUT2D eigenvalue weighted by Crippen LogP contribution is 2.28. The number of anilines is 1. The second-order valence-electron chi connectivity index (χ2n) is 9.49. The Hall–Kier alpha value is -4.26. The van der Waals surface area contributed by atoms with E-state index in [1.807, 2.05) is 78.9 Å². The number of para-hydroxylation sites is 2. The van der Waals surface area contributed by atoms with E-state index in [2.05, 4.69) is 46.6 Å². The number of thiazole rings is 1. The molecule has 7 heteroatoms. The van der Waals surface area contributed by atoms with Crippen molar-refractivity contribution in [3.63, 3.8) is 0 Å². The second kappa shape index (κ2) is 11.9. The van der Waals surface area contributed by atoms with Gasteiger partial charge in [0.2, 0.25) is 4.80 Å². The van der Waals surface area contributed by atoms with Crippen LogP contribution in [0, 0.1) is 0 Å². The maximum absolute atomic E-state index is 6.07. The van der Waals surface area contributed by atoms with Crippen molar-refractivity contribution in [2.24, 2.45) is 5.10 Å². The lowest BCUT2D eigenvalue weighted by molar-refractivity contribution is 0.622. The minimum atomic E-state index is 0.634. The average molecular weight is 562 g/mol. The van der Waals surface area contributed by atoms with E-state index >= 15 is 0 Å². The van der Waals surface area contributed by atoms with Crippen molar-refractivity contribution in [2.75, 3.05) is 5.43 Å². The lowest BCUT2D eigenvalue weighted by Crippen LogP contribution is -2.18. The standard InChI is InChI=1S/C33H28ClN5S/c1-2-3-21-39-30(25-15-13-23(14-16-25)24-17-19-27(34)20-18-24)22-40-33(39)38-37-32-31(26-9-5-4-6-10-26)35-28-11-7-8-12-29(28)36-32/h4-20,22H,2-3,21H2,1H3,(H,36,37)/b38-33-. The Morgan fingerprint density at radius 2 is 1.38 bits per heavy atom. The summed E-state index contributed by atoms with van der Waals surface area (Å²) >= 11 is 7.69. The van der Waals surface area contributed by atoms with Crippen molar-refractivity contribution in [2.45, 2.75) is 26.3 Å². The highest BCUT2D eigenvalue weighted by Gasteiger charge is 2.12. The van der Waals surface area contributed by atoms with Gasteiger partial charge >= 0.3 is 0 Å². The molecule has 6 aromatic rings. The number of benzene rings is 4. The van der Waals surface area contributed by atoms with Gasteiger partial charge in [0.25, 0.3) is 0 Å². The summed E-state index contributed by atoms with van der Waals surface area (Å²) in [5.41, 5.74) is 11.3. The number of nitrogens with one attached hydrogen (secondary N) is 1. The van der Waals surface area contributed by atoms with Crippen molar-refractivity contribution >= 4 is 39.8 Å².